The second-order valence-electron chi connectivity index (χ2n) is 5.24. The molecule has 1 fully saturated rings. The van der Waals surface area contributed by atoms with Crippen LogP contribution in [-0.2, 0) is 14.8 Å². The van der Waals surface area contributed by atoms with Gasteiger partial charge in [0, 0.05) is 13.1 Å². The number of rotatable bonds is 4. The van der Waals surface area contributed by atoms with E-state index in [1.54, 1.807) is 26.2 Å². The number of aryl methyl sites for hydroxylation is 1. The Morgan fingerprint density at radius 1 is 1.43 bits per heavy atom. The van der Waals surface area contributed by atoms with Gasteiger partial charge in [0.05, 0.1) is 17.9 Å². The van der Waals surface area contributed by atoms with E-state index in [4.69, 9.17) is 10.5 Å². The number of nitrogens with zero attached hydrogens (tertiary/aromatic N) is 1. The Balaban J connectivity index is 2.29. The summed E-state index contributed by atoms with van der Waals surface area (Å²) in [5, 5.41) is 0. The third-order valence-electron chi connectivity index (χ3n) is 3.79. The normalized spacial score (nSPS) is 20.2. The smallest absolute Gasteiger partial charge is 0.243 e. The highest BCUT2D eigenvalue weighted by Crippen LogP contribution is 2.27. The number of piperidine rings is 1. The molecule has 0 spiro atoms. The van der Waals surface area contributed by atoms with Crippen molar-refractivity contribution in [3.63, 3.8) is 0 Å². The standard InChI is InChI=1S/C14H20N2O4S/c1-10-8-12(5-6-13(10)20-2)21(18,19)16-7-3-4-11(9-16)14(15)17/h5-6,8,11H,3-4,7,9H2,1-2H3,(H2,15,17). The van der Waals surface area contributed by atoms with Crippen LogP contribution in [0.25, 0.3) is 0 Å². The minimum atomic E-state index is -3.61. The number of sulfonamides is 1. The first kappa shape index (κ1) is 15.8. The van der Waals surface area contributed by atoms with Crippen molar-refractivity contribution in [1.29, 1.82) is 0 Å². The lowest BCUT2D eigenvalue weighted by Gasteiger charge is -2.30. The summed E-state index contributed by atoms with van der Waals surface area (Å²) in [6.07, 6.45) is 1.28. The van der Waals surface area contributed by atoms with E-state index in [-0.39, 0.29) is 11.4 Å². The molecule has 1 atom stereocenters. The van der Waals surface area contributed by atoms with Gasteiger partial charge in [0.25, 0.3) is 0 Å². The first-order chi connectivity index (χ1) is 9.86. The molecule has 1 aromatic rings. The summed E-state index contributed by atoms with van der Waals surface area (Å²) in [6.45, 7) is 2.36. The Labute approximate surface area is 124 Å². The Bertz CT molecular complexity index is 642. The number of methoxy groups -OCH3 is 1. The van der Waals surface area contributed by atoms with Crippen molar-refractivity contribution in [3.05, 3.63) is 23.8 Å². The van der Waals surface area contributed by atoms with Crippen molar-refractivity contribution in [2.45, 2.75) is 24.7 Å². The molecule has 1 aromatic carbocycles. The van der Waals surface area contributed by atoms with Gasteiger partial charge in [-0.1, -0.05) is 0 Å². The first-order valence-electron chi connectivity index (χ1n) is 6.80. The van der Waals surface area contributed by atoms with Gasteiger partial charge in [-0.05, 0) is 43.5 Å². The maximum Gasteiger partial charge on any atom is 0.243 e. The van der Waals surface area contributed by atoms with Crippen molar-refractivity contribution >= 4 is 15.9 Å². The largest absolute Gasteiger partial charge is 0.496 e. The molecular formula is C14H20N2O4S. The van der Waals surface area contributed by atoms with Crippen LogP contribution < -0.4 is 10.5 Å². The Morgan fingerprint density at radius 2 is 2.14 bits per heavy atom. The lowest BCUT2D eigenvalue weighted by molar-refractivity contribution is -0.122. The van der Waals surface area contributed by atoms with E-state index in [9.17, 15) is 13.2 Å². The number of carbonyl (C=O) groups excluding carboxylic acids is 1. The number of ether oxygens (including phenoxy) is 1. The minimum absolute atomic E-state index is 0.155. The second kappa shape index (κ2) is 6.03. The number of hydrogen-bond donors (Lipinski definition) is 1. The van der Waals surface area contributed by atoms with Crippen molar-refractivity contribution in [2.75, 3.05) is 20.2 Å². The Hall–Kier alpha value is -1.60. The number of carbonyl (C=O) groups is 1. The summed E-state index contributed by atoms with van der Waals surface area (Å²) in [5.74, 6) is -0.212. The minimum Gasteiger partial charge on any atom is -0.496 e. The van der Waals surface area contributed by atoms with Crippen LogP contribution in [0.2, 0.25) is 0 Å². The summed E-state index contributed by atoms with van der Waals surface area (Å²) in [7, 11) is -2.07. The van der Waals surface area contributed by atoms with Crippen molar-refractivity contribution < 1.29 is 17.9 Å². The average molecular weight is 312 g/mol. The third kappa shape index (κ3) is 3.19. The molecule has 116 valence electrons. The molecule has 0 radical (unpaired) electrons. The van der Waals surface area contributed by atoms with Crippen molar-refractivity contribution in [3.8, 4) is 5.75 Å². The zero-order valence-corrected chi connectivity index (χ0v) is 13.0. The van der Waals surface area contributed by atoms with Crippen LogP contribution in [0.3, 0.4) is 0 Å². The zero-order chi connectivity index (χ0) is 15.6. The van der Waals surface area contributed by atoms with Crippen LogP contribution in [0.4, 0.5) is 0 Å². The molecular weight excluding hydrogens is 292 g/mol. The molecule has 1 aliphatic heterocycles. The Kier molecular flexibility index (Phi) is 4.53. The van der Waals surface area contributed by atoms with E-state index in [0.29, 0.717) is 25.1 Å². The molecule has 1 heterocycles. The van der Waals surface area contributed by atoms with Gasteiger partial charge in [-0.2, -0.15) is 4.31 Å². The molecule has 0 saturated carbocycles. The molecule has 1 aliphatic rings. The van der Waals surface area contributed by atoms with Crippen LogP contribution in [0.15, 0.2) is 23.1 Å². The molecule has 7 heteroatoms. The highest BCUT2D eigenvalue weighted by molar-refractivity contribution is 7.89. The van der Waals surface area contributed by atoms with Crippen molar-refractivity contribution in [2.24, 2.45) is 11.7 Å². The van der Waals surface area contributed by atoms with E-state index in [2.05, 4.69) is 0 Å². The second-order valence-corrected chi connectivity index (χ2v) is 7.17. The SMILES string of the molecule is COc1ccc(S(=O)(=O)N2CCCC(C(N)=O)C2)cc1C. The monoisotopic (exact) mass is 312 g/mol. The fourth-order valence-corrected chi connectivity index (χ4v) is 4.16. The number of nitrogens with two attached hydrogens (primary N) is 1. The molecule has 0 aromatic heterocycles. The van der Waals surface area contributed by atoms with E-state index >= 15 is 0 Å². The molecule has 1 unspecified atom stereocenters. The van der Waals surface area contributed by atoms with Crippen LogP contribution in [-0.4, -0.2) is 38.8 Å². The summed E-state index contributed by atoms with van der Waals surface area (Å²) >= 11 is 0. The summed E-state index contributed by atoms with van der Waals surface area (Å²) < 4.78 is 31.8. The summed E-state index contributed by atoms with van der Waals surface area (Å²) in [5.41, 5.74) is 6.05. The molecule has 1 saturated heterocycles. The molecule has 6 nitrogen and oxygen atoms in total. The van der Waals surface area contributed by atoms with Crippen LogP contribution >= 0.6 is 0 Å². The maximum atomic E-state index is 12.6. The van der Waals surface area contributed by atoms with E-state index in [1.165, 1.54) is 10.4 Å². The van der Waals surface area contributed by atoms with E-state index < -0.39 is 21.8 Å². The number of amides is 1. The van der Waals surface area contributed by atoms with Gasteiger partial charge >= 0.3 is 0 Å². The molecule has 2 rings (SSSR count). The van der Waals surface area contributed by atoms with Crippen molar-refractivity contribution in [1.82, 2.24) is 4.31 Å². The zero-order valence-electron chi connectivity index (χ0n) is 12.2. The number of benzene rings is 1. The maximum absolute atomic E-state index is 12.6. The van der Waals surface area contributed by atoms with Crippen LogP contribution in [0, 0.1) is 12.8 Å². The van der Waals surface area contributed by atoms with Gasteiger partial charge < -0.3 is 10.5 Å². The quantitative estimate of drug-likeness (QED) is 0.894. The predicted molar refractivity (Wildman–Crippen MR) is 78.4 cm³/mol. The first-order valence-corrected chi connectivity index (χ1v) is 8.24. The van der Waals surface area contributed by atoms with Gasteiger partial charge in [-0.15, -0.1) is 0 Å². The van der Waals surface area contributed by atoms with Crippen LogP contribution in [0.5, 0.6) is 5.75 Å². The third-order valence-corrected chi connectivity index (χ3v) is 5.65. The fourth-order valence-electron chi connectivity index (χ4n) is 2.55. The molecule has 21 heavy (non-hydrogen) atoms. The van der Waals surface area contributed by atoms with Crippen LogP contribution in [0.1, 0.15) is 18.4 Å². The predicted octanol–water partition coefficient (Wildman–Crippen LogP) is 0.890. The molecule has 2 N–H and O–H groups in total. The fraction of sp³-hybridized carbons (Fsp3) is 0.500. The van der Waals surface area contributed by atoms with Gasteiger partial charge in [0.1, 0.15) is 5.75 Å². The van der Waals surface area contributed by atoms with Gasteiger partial charge in [-0.25, -0.2) is 8.42 Å². The summed E-state index contributed by atoms with van der Waals surface area (Å²) in [4.78, 5) is 11.5. The lowest BCUT2D eigenvalue weighted by Crippen LogP contribution is -2.44. The van der Waals surface area contributed by atoms with E-state index in [1.807, 2.05) is 0 Å². The molecule has 1 amide bonds. The Morgan fingerprint density at radius 3 is 2.71 bits per heavy atom. The number of hydrogen-bond acceptors (Lipinski definition) is 4. The molecule has 0 aliphatic carbocycles. The molecule has 0 bridgehead atoms. The topological polar surface area (TPSA) is 89.7 Å². The average Bonchev–Trinajstić information content (AvgIpc) is 2.47. The lowest BCUT2D eigenvalue weighted by atomic mass is 9.99. The number of primary amides is 1. The summed E-state index contributed by atoms with van der Waals surface area (Å²) in [6, 6.07) is 4.74. The van der Waals surface area contributed by atoms with Gasteiger partial charge in [0.15, 0.2) is 0 Å². The van der Waals surface area contributed by atoms with Gasteiger partial charge in [-0.3, -0.25) is 4.79 Å². The van der Waals surface area contributed by atoms with Gasteiger partial charge in [0.2, 0.25) is 15.9 Å². The van der Waals surface area contributed by atoms with E-state index in [0.717, 1.165) is 5.56 Å². The highest BCUT2D eigenvalue weighted by atomic mass is 32.2. The highest BCUT2D eigenvalue weighted by Gasteiger charge is 2.32.